The molecule has 0 N–H and O–H groups in total. The van der Waals surface area contributed by atoms with Gasteiger partial charge in [-0.15, -0.1) is 0 Å². The van der Waals surface area contributed by atoms with Crippen molar-refractivity contribution in [3.63, 3.8) is 0 Å². The van der Waals surface area contributed by atoms with E-state index in [0.29, 0.717) is 32.7 Å². The predicted octanol–water partition coefficient (Wildman–Crippen LogP) is 4.79. The van der Waals surface area contributed by atoms with Gasteiger partial charge in [0.05, 0.1) is 11.2 Å². The molecule has 4 aromatic rings. The standard InChI is InChI=1S/C23H14ClF2NO2/c24-14-7-10-20-17(11-14)22(16-3-1-2-4-19(16)26)18(12-21(28)29)23(27-20)13-5-8-15(25)9-6-13/h1-11H,12H2,(H,28,29)/p-1. The lowest BCUT2D eigenvalue weighted by Gasteiger charge is -2.19. The summed E-state index contributed by atoms with van der Waals surface area (Å²) < 4.78 is 28.2. The van der Waals surface area contributed by atoms with Crippen molar-refractivity contribution in [3.05, 3.63) is 89.0 Å². The van der Waals surface area contributed by atoms with E-state index in [-0.39, 0.29) is 11.1 Å². The van der Waals surface area contributed by atoms with Crippen molar-refractivity contribution in [2.75, 3.05) is 0 Å². The average Bonchev–Trinajstić information content (AvgIpc) is 2.69. The van der Waals surface area contributed by atoms with Crippen molar-refractivity contribution >= 4 is 28.5 Å². The molecule has 0 saturated heterocycles. The van der Waals surface area contributed by atoms with Gasteiger partial charge in [0.2, 0.25) is 0 Å². The van der Waals surface area contributed by atoms with Crippen molar-refractivity contribution in [2.24, 2.45) is 0 Å². The van der Waals surface area contributed by atoms with Crippen LogP contribution in [0.4, 0.5) is 8.78 Å². The van der Waals surface area contributed by atoms with E-state index in [2.05, 4.69) is 4.98 Å². The van der Waals surface area contributed by atoms with Crippen molar-refractivity contribution in [3.8, 4) is 22.4 Å². The number of hydrogen-bond donors (Lipinski definition) is 0. The number of carboxylic acid groups (broad SMARTS) is 1. The van der Waals surface area contributed by atoms with Crippen molar-refractivity contribution in [2.45, 2.75) is 6.42 Å². The molecule has 0 radical (unpaired) electrons. The molecule has 3 nitrogen and oxygen atoms in total. The van der Waals surface area contributed by atoms with Crippen LogP contribution in [0.25, 0.3) is 33.3 Å². The number of carboxylic acids is 1. The largest absolute Gasteiger partial charge is 0.550 e. The highest BCUT2D eigenvalue weighted by Gasteiger charge is 2.20. The first-order valence-corrected chi connectivity index (χ1v) is 9.14. The molecule has 1 aromatic heterocycles. The molecule has 0 aliphatic carbocycles. The lowest BCUT2D eigenvalue weighted by atomic mass is 9.90. The second-order valence-corrected chi connectivity index (χ2v) is 6.95. The summed E-state index contributed by atoms with van der Waals surface area (Å²) in [6.07, 6.45) is -0.494. The second kappa shape index (κ2) is 7.60. The Morgan fingerprint density at radius 3 is 2.41 bits per heavy atom. The van der Waals surface area contributed by atoms with E-state index < -0.39 is 24.0 Å². The van der Waals surface area contributed by atoms with E-state index in [1.165, 1.54) is 30.3 Å². The Hall–Kier alpha value is -3.31. The molecule has 0 fully saturated rings. The molecule has 144 valence electrons. The number of aromatic nitrogens is 1. The van der Waals surface area contributed by atoms with Gasteiger partial charge in [-0.25, -0.2) is 13.8 Å². The third kappa shape index (κ3) is 3.69. The fourth-order valence-corrected chi connectivity index (χ4v) is 3.58. The SMILES string of the molecule is O=C([O-])Cc1c(-c2ccc(F)cc2)nc2ccc(Cl)cc2c1-c1ccccc1F. The monoisotopic (exact) mass is 408 g/mol. The van der Waals surface area contributed by atoms with Gasteiger partial charge in [-0.1, -0.05) is 29.8 Å². The number of carbonyl (C=O) groups excluding carboxylic acids is 1. The van der Waals surface area contributed by atoms with Crippen LogP contribution in [-0.2, 0) is 11.2 Å². The molecular formula is C23H13ClF2NO2-. The van der Waals surface area contributed by atoms with Crippen LogP contribution >= 0.6 is 11.6 Å². The van der Waals surface area contributed by atoms with Crippen LogP contribution < -0.4 is 5.11 Å². The first-order valence-electron chi connectivity index (χ1n) is 8.77. The third-order valence-corrected chi connectivity index (χ3v) is 4.86. The number of benzene rings is 3. The molecule has 0 bridgehead atoms. The number of hydrogen-bond acceptors (Lipinski definition) is 3. The Kier molecular flexibility index (Phi) is 4.99. The van der Waals surface area contributed by atoms with E-state index in [1.807, 2.05) is 0 Å². The van der Waals surface area contributed by atoms with Gasteiger partial charge in [-0.2, -0.15) is 0 Å². The quantitative estimate of drug-likeness (QED) is 0.487. The first-order chi connectivity index (χ1) is 13.9. The fraction of sp³-hybridized carbons (Fsp3) is 0.0435. The number of halogens is 3. The highest BCUT2D eigenvalue weighted by atomic mass is 35.5. The molecule has 3 aromatic carbocycles. The molecule has 0 saturated carbocycles. The summed E-state index contributed by atoms with van der Waals surface area (Å²) in [5.41, 5.74) is 2.21. The van der Waals surface area contributed by atoms with E-state index in [9.17, 15) is 18.7 Å². The van der Waals surface area contributed by atoms with Crippen LogP contribution in [0.2, 0.25) is 5.02 Å². The number of rotatable bonds is 4. The van der Waals surface area contributed by atoms with Crippen LogP contribution in [0.5, 0.6) is 0 Å². The number of carbonyl (C=O) groups is 1. The second-order valence-electron chi connectivity index (χ2n) is 6.51. The third-order valence-electron chi connectivity index (χ3n) is 4.63. The first kappa shape index (κ1) is 19.0. The van der Waals surface area contributed by atoms with Crippen molar-refractivity contribution in [1.29, 1.82) is 0 Å². The number of pyridine rings is 1. The molecule has 1 heterocycles. The van der Waals surface area contributed by atoms with Gasteiger partial charge in [0, 0.05) is 33.9 Å². The van der Waals surface area contributed by atoms with Gasteiger partial charge in [0.15, 0.2) is 0 Å². The summed E-state index contributed by atoms with van der Waals surface area (Å²) in [7, 11) is 0. The zero-order valence-electron chi connectivity index (χ0n) is 15.0. The minimum atomic E-state index is -1.34. The Morgan fingerprint density at radius 2 is 1.72 bits per heavy atom. The molecule has 0 amide bonds. The highest BCUT2D eigenvalue weighted by molar-refractivity contribution is 6.31. The Balaban J connectivity index is 2.16. The minimum Gasteiger partial charge on any atom is -0.550 e. The molecule has 4 rings (SSSR count). The van der Waals surface area contributed by atoms with Gasteiger partial charge in [0.25, 0.3) is 0 Å². The number of aliphatic carboxylic acids is 1. The summed E-state index contributed by atoms with van der Waals surface area (Å²) >= 11 is 6.16. The Bertz CT molecular complexity index is 1240. The van der Waals surface area contributed by atoms with Gasteiger partial charge < -0.3 is 9.90 Å². The lowest BCUT2D eigenvalue weighted by molar-refractivity contribution is -0.304. The lowest BCUT2D eigenvalue weighted by Crippen LogP contribution is -2.25. The van der Waals surface area contributed by atoms with Crippen LogP contribution in [0, 0.1) is 11.6 Å². The van der Waals surface area contributed by atoms with Crippen LogP contribution in [0.3, 0.4) is 0 Å². The number of nitrogens with zero attached hydrogens (tertiary/aromatic N) is 1. The van der Waals surface area contributed by atoms with E-state index >= 15 is 0 Å². The Morgan fingerprint density at radius 1 is 1.00 bits per heavy atom. The van der Waals surface area contributed by atoms with Crippen LogP contribution in [0.15, 0.2) is 66.7 Å². The summed E-state index contributed by atoms with van der Waals surface area (Å²) in [5.74, 6) is -2.28. The predicted molar refractivity (Wildman–Crippen MR) is 106 cm³/mol. The maximum Gasteiger partial charge on any atom is 0.131 e. The van der Waals surface area contributed by atoms with Crippen molar-refractivity contribution < 1.29 is 18.7 Å². The molecule has 0 aliphatic rings. The summed E-state index contributed by atoms with van der Waals surface area (Å²) in [5, 5.41) is 12.5. The van der Waals surface area contributed by atoms with Gasteiger partial charge >= 0.3 is 0 Å². The molecule has 0 unspecified atom stereocenters. The minimum absolute atomic E-state index is 0.224. The zero-order chi connectivity index (χ0) is 20.5. The van der Waals surface area contributed by atoms with Crippen LogP contribution in [-0.4, -0.2) is 11.0 Å². The average molecular weight is 409 g/mol. The molecule has 29 heavy (non-hydrogen) atoms. The number of fused-ring (bicyclic) bond motifs is 1. The maximum atomic E-state index is 14.7. The highest BCUT2D eigenvalue weighted by Crippen LogP contribution is 2.39. The van der Waals surface area contributed by atoms with E-state index in [0.717, 1.165) is 0 Å². The van der Waals surface area contributed by atoms with E-state index in [4.69, 9.17) is 11.6 Å². The van der Waals surface area contributed by atoms with Gasteiger partial charge in [-0.3, -0.25) is 0 Å². The van der Waals surface area contributed by atoms with Gasteiger partial charge in [-0.05, 0) is 59.7 Å². The Labute approximate surface area is 170 Å². The summed E-state index contributed by atoms with van der Waals surface area (Å²) in [6.45, 7) is 0. The molecular weight excluding hydrogens is 396 g/mol. The van der Waals surface area contributed by atoms with E-state index in [1.54, 1.807) is 36.4 Å². The fourth-order valence-electron chi connectivity index (χ4n) is 3.41. The molecule has 0 spiro atoms. The summed E-state index contributed by atoms with van der Waals surface area (Å²) in [4.78, 5) is 16.1. The zero-order valence-corrected chi connectivity index (χ0v) is 15.7. The summed E-state index contributed by atoms with van der Waals surface area (Å²) in [6, 6.07) is 16.6. The van der Waals surface area contributed by atoms with Gasteiger partial charge in [0.1, 0.15) is 11.6 Å². The smallest absolute Gasteiger partial charge is 0.131 e. The molecule has 0 aliphatic heterocycles. The van der Waals surface area contributed by atoms with Crippen LogP contribution in [0.1, 0.15) is 5.56 Å². The molecule has 6 heteroatoms. The maximum absolute atomic E-state index is 14.7. The topological polar surface area (TPSA) is 53.0 Å². The normalized spacial score (nSPS) is 11.0. The van der Waals surface area contributed by atoms with Crippen molar-refractivity contribution in [1.82, 2.24) is 4.98 Å². The molecule has 0 atom stereocenters.